The van der Waals surface area contributed by atoms with Crippen LogP contribution in [0.1, 0.15) is 40.0 Å². The highest BCUT2D eigenvalue weighted by Gasteiger charge is 2.38. The van der Waals surface area contributed by atoms with Crippen molar-refractivity contribution < 1.29 is 19.4 Å². The van der Waals surface area contributed by atoms with Gasteiger partial charge in [0, 0.05) is 18.1 Å². The number of H-pyrrole nitrogens is 1. The number of rotatable bonds is 9. The van der Waals surface area contributed by atoms with Gasteiger partial charge in [0.2, 0.25) is 0 Å². The Morgan fingerprint density at radius 1 is 1.32 bits per heavy atom. The fourth-order valence-corrected chi connectivity index (χ4v) is 7.08. The number of amides is 1. The standard InChI is InChI=1S/C26H36N6O4S2/c1-26(2,3)32(25(33)34)18(16-9-12-37-13-10-16)8-11-31-15-28-22(27)21-23(31)30-24(29-21)38-20-14-17(35-4)6-7-19(20)36-5/h6-7,14-16,18,27H,8-13H2,1-5H3,(H,29,30)(H,33,34). The van der Waals surface area contributed by atoms with Crippen molar-refractivity contribution in [2.24, 2.45) is 5.92 Å². The number of aryl methyl sites for hydroxylation is 1. The summed E-state index contributed by atoms with van der Waals surface area (Å²) in [7, 11) is 3.23. The minimum Gasteiger partial charge on any atom is -0.497 e. The van der Waals surface area contributed by atoms with E-state index in [1.165, 1.54) is 11.8 Å². The molecule has 4 rings (SSSR count). The van der Waals surface area contributed by atoms with Crippen molar-refractivity contribution in [1.82, 2.24) is 24.4 Å². The quantitative estimate of drug-likeness (QED) is 0.330. The van der Waals surface area contributed by atoms with Crippen LogP contribution in [0, 0.1) is 11.3 Å². The summed E-state index contributed by atoms with van der Waals surface area (Å²) in [5.74, 6) is 3.81. The fourth-order valence-electron chi connectivity index (χ4n) is 5.02. The third-order valence-corrected chi connectivity index (χ3v) is 8.79. The normalized spacial score (nSPS) is 15.4. The molecular weight excluding hydrogens is 524 g/mol. The Labute approximate surface area is 231 Å². The van der Waals surface area contributed by atoms with Gasteiger partial charge < -0.3 is 29.0 Å². The fraction of sp³-hybridized carbons (Fsp3) is 0.538. The maximum absolute atomic E-state index is 12.4. The van der Waals surface area contributed by atoms with Crippen molar-refractivity contribution in [3.63, 3.8) is 0 Å². The molecule has 0 saturated carbocycles. The number of imidazole rings is 1. The van der Waals surface area contributed by atoms with Gasteiger partial charge in [-0.05, 0) is 87.4 Å². The Morgan fingerprint density at radius 2 is 2.05 bits per heavy atom. The third kappa shape index (κ3) is 6.23. The van der Waals surface area contributed by atoms with Gasteiger partial charge in [-0.1, -0.05) is 0 Å². The molecule has 38 heavy (non-hydrogen) atoms. The minimum absolute atomic E-state index is 0.107. The number of hydrogen-bond acceptors (Lipinski definition) is 8. The SMILES string of the molecule is COc1ccc(OC)c(Sc2nc3c([nH]2)c(=N)ncn3CCC(C2CCSCC2)N(C(=O)O)C(C)(C)C)c1. The number of ether oxygens (including phenoxy) is 2. The van der Waals surface area contributed by atoms with E-state index in [1.807, 2.05) is 55.3 Å². The van der Waals surface area contributed by atoms with Gasteiger partial charge in [0.15, 0.2) is 16.3 Å². The molecule has 10 nitrogen and oxygen atoms in total. The second kappa shape index (κ2) is 11.9. The van der Waals surface area contributed by atoms with Crippen LogP contribution in [0.2, 0.25) is 0 Å². The highest BCUT2D eigenvalue weighted by molar-refractivity contribution is 7.99. The predicted molar refractivity (Wildman–Crippen MR) is 149 cm³/mol. The van der Waals surface area contributed by atoms with Gasteiger partial charge in [0.1, 0.15) is 17.0 Å². The molecule has 206 valence electrons. The van der Waals surface area contributed by atoms with E-state index in [1.54, 1.807) is 25.4 Å². The van der Waals surface area contributed by atoms with Crippen LogP contribution in [0.4, 0.5) is 4.79 Å². The van der Waals surface area contributed by atoms with Crippen LogP contribution in [-0.2, 0) is 6.54 Å². The first kappa shape index (κ1) is 28.2. The van der Waals surface area contributed by atoms with E-state index in [-0.39, 0.29) is 11.5 Å². The largest absolute Gasteiger partial charge is 0.497 e. The molecule has 0 bridgehead atoms. The number of aromatic nitrogens is 4. The number of aromatic amines is 1. The molecule has 12 heteroatoms. The summed E-state index contributed by atoms with van der Waals surface area (Å²) in [5, 5.41) is 19.1. The third-order valence-electron chi connectivity index (χ3n) is 6.81. The first-order valence-corrected chi connectivity index (χ1v) is 14.6. The Morgan fingerprint density at radius 3 is 2.68 bits per heavy atom. The maximum atomic E-state index is 12.4. The minimum atomic E-state index is -0.888. The number of carbonyl (C=O) groups is 1. The van der Waals surface area contributed by atoms with Gasteiger partial charge in [-0.25, -0.2) is 14.8 Å². The van der Waals surface area contributed by atoms with Gasteiger partial charge in [0.05, 0.1) is 25.4 Å². The number of carboxylic acid groups (broad SMARTS) is 1. The zero-order chi connectivity index (χ0) is 27.4. The average Bonchev–Trinajstić information content (AvgIpc) is 3.31. The molecule has 0 aliphatic carbocycles. The number of hydrogen-bond donors (Lipinski definition) is 3. The van der Waals surface area contributed by atoms with Gasteiger partial charge >= 0.3 is 6.09 Å². The Hall–Kier alpha value is -2.86. The molecule has 0 radical (unpaired) electrons. The summed E-state index contributed by atoms with van der Waals surface area (Å²) in [6, 6.07) is 5.43. The van der Waals surface area contributed by atoms with Crippen LogP contribution >= 0.6 is 23.5 Å². The van der Waals surface area contributed by atoms with Crippen molar-refractivity contribution in [1.29, 1.82) is 5.41 Å². The molecule has 1 aliphatic heterocycles. The number of methoxy groups -OCH3 is 2. The van der Waals surface area contributed by atoms with E-state index in [9.17, 15) is 9.90 Å². The van der Waals surface area contributed by atoms with E-state index in [4.69, 9.17) is 19.9 Å². The zero-order valence-electron chi connectivity index (χ0n) is 22.5. The number of nitrogens with one attached hydrogen (secondary N) is 2. The van der Waals surface area contributed by atoms with E-state index < -0.39 is 11.6 Å². The number of thioether (sulfide) groups is 1. The van der Waals surface area contributed by atoms with Crippen LogP contribution < -0.4 is 15.0 Å². The van der Waals surface area contributed by atoms with Gasteiger partial charge in [0.25, 0.3) is 0 Å². The summed E-state index contributed by atoms with van der Waals surface area (Å²) in [5.41, 5.74) is 0.741. The van der Waals surface area contributed by atoms with E-state index >= 15 is 0 Å². The number of fused-ring (bicyclic) bond motifs is 1. The van der Waals surface area contributed by atoms with E-state index in [0.717, 1.165) is 29.2 Å². The molecule has 3 heterocycles. The van der Waals surface area contributed by atoms with Crippen molar-refractivity contribution in [2.75, 3.05) is 25.7 Å². The molecule has 2 aromatic heterocycles. The topological polar surface area (TPSA) is 129 Å². The molecule has 1 aliphatic rings. The first-order chi connectivity index (χ1) is 18.1. The monoisotopic (exact) mass is 560 g/mol. The van der Waals surface area contributed by atoms with Crippen molar-refractivity contribution in [3.8, 4) is 11.5 Å². The summed E-state index contributed by atoms with van der Waals surface area (Å²) in [4.78, 5) is 27.2. The van der Waals surface area contributed by atoms with E-state index in [2.05, 4.69) is 9.97 Å². The van der Waals surface area contributed by atoms with Crippen LogP contribution in [0.25, 0.3) is 11.2 Å². The predicted octanol–water partition coefficient (Wildman–Crippen LogP) is 5.09. The summed E-state index contributed by atoms with van der Waals surface area (Å²) >= 11 is 3.32. The average molecular weight is 561 g/mol. The van der Waals surface area contributed by atoms with Crippen molar-refractivity contribution in [2.45, 2.75) is 68.2 Å². The molecule has 1 amide bonds. The highest BCUT2D eigenvalue weighted by atomic mass is 32.2. The number of benzene rings is 1. The first-order valence-electron chi connectivity index (χ1n) is 12.6. The lowest BCUT2D eigenvalue weighted by atomic mass is 9.87. The van der Waals surface area contributed by atoms with Crippen LogP contribution in [0.3, 0.4) is 0 Å². The van der Waals surface area contributed by atoms with Crippen LogP contribution in [0.15, 0.2) is 34.6 Å². The van der Waals surface area contributed by atoms with Crippen LogP contribution in [-0.4, -0.2) is 72.9 Å². The Bertz CT molecular complexity index is 1330. The molecular formula is C26H36N6O4S2. The van der Waals surface area contributed by atoms with E-state index in [0.29, 0.717) is 46.7 Å². The van der Waals surface area contributed by atoms with Crippen molar-refractivity contribution in [3.05, 3.63) is 30.0 Å². The summed E-state index contributed by atoms with van der Waals surface area (Å²) in [6.45, 7) is 6.40. The lowest BCUT2D eigenvalue weighted by Gasteiger charge is -2.44. The molecule has 1 atom stereocenters. The molecule has 1 unspecified atom stereocenters. The second-order valence-electron chi connectivity index (χ2n) is 10.3. The molecule has 1 saturated heterocycles. The van der Waals surface area contributed by atoms with Gasteiger partial charge in [-0.15, -0.1) is 0 Å². The lowest BCUT2D eigenvalue weighted by molar-refractivity contribution is 0.0410. The van der Waals surface area contributed by atoms with Crippen LogP contribution in [0.5, 0.6) is 11.5 Å². The number of nitrogens with zero attached hydrogens (tertiary/aromatic N) is 4. The molecule has 1 aromatic carbocycles. The molecule has 3 N–H and O–H groups in total. The van der Waals surface area contributed by atoms with Crippen molar-refractivity contribution >= 4 is 40.8 Å². The maximum Gasteiger partial charge on any atom is 0.407 e. The van der Waals surface area contributed by atoms with Gasteiger partial charge in [-0.2, -0.15) is 11.8 Å². The zero-order valence-corrected chi connectivity index (χ0v) is 24.1. The smallest absolute Gasteiger partial charge is 0.407 e. The second-order valence-corrected chi connectivity index (χ2v) is 12.5. The molecule has 3 aromatic rings. The summed E-state index contributed by atoms with van der Waals surface area (Å²) in [6.07, 6.45) is 3.38. The Kier molecular flexibility index (Phi) is 8.81. The Balaban J connectivity index is 1.64. The summed E-state index contributed by atoms with van der Waals surface area (Å²) < 4.78 is 12.8. The van der Waals surface area contributed by atoms with Gasteiger partial charge in [-0.3, -0.25) is 5.41 Å². The highest BCUT2D eigenvalue weighted by Crippen LogP contribution is 2.37. The molecule has 0 spiro atoms. The lowest BCUT2D eigenvalue weighted by Crippen LogP contribution is -2.54. The molecule has 1 fully saturated rings.